The lowest BCUT2D eigenvalue weighted by atomic mass is 10.0. The van der Waals surface area contributed by atoms with Gasteiger partial charge in [0.1, 0.15) is 27.8 Å². The van der Waals surface area contributed by atoms with E-state index in [2.05, 4.69) is 5.32 Å². The highest BCUT2D eigenvalue weighted by Gasteiger charge is 2.25. The van der Waals surface area contributed by atoms with Crippen LogP contribution in [0.25, 0.3) is 11.1 Å². The third-order valence-corrected chi connectivity index (χ3v) is 5.71. The summed E-state index contributed by atoms with van der Waals surface area (Å²) in [5.41, 5.74) is 1.87. The van der Waals surface area contributed by atoms with Gasteiger partial charge in [0, 0.05) is 10.4 Å². The van der Waals surface area contributed by atoms with Gasteiger partial charge < -0.3 is 24.3 Å². The second kappa shape index (κ2) is 11.4. The summed E-state index contributed by atoms with van der Waals surface area (Å²) in [6, 6.07) is 14.5. The maximum Gasteiger partial charge on any atom is 0.341 e. The number of esters is 1. The fraction of sp³-hybridized carbons (Fsp3) is 0.280. The number of hydrogen-bond acceptors (Lipinski definition) is 7. The number of hydrogen-bond donors (Lipinski definition) is 1. The van der Waals surface area contributed by atoms with Gasteiger partial charge in [-0.3, -0.25) is 4.79 Å². The molecule has 0 unspecified atom stereocenters. The summed E-state index contributed by atoms with van der Waals surface area (Å²) in [6.07, 6.45) is 0. The van der Waals surface area contributed by atoms with Crippen molar-refractivity contribution in [3.05, 3.63) is 59.0 Å². The van der Waals surface area contributed by atoms with Gasteiger partial charge >= 0.3 is 5.97 Å². The standard InChI is InChI=1S/C25H27NO6S/c1-5-30-18-9-7-17(8-10-18)22-16(3)33-24(23(22)25(28)29-4)26-21(27)15-32-20-13-11-19(12-14-20)31-6-2/h7-14H,5-6,15H2,1-4H3,(H,26,27). The number of carbonyl (C=O) groups is 2. The van der Waals surface area contributed by atoms with Gasteiger partial charge in [-0.2, -0.15) is 0 Å². The topological polar surface area (TPSA) is 83.1 Å². The molecule has 33 heavy (non-hydrogen) atoms. The van der Waals surface area contributed by atoms with E-state index in [0.717, 1.165) is 27.5 Å². The molecule has 0 atom stereocenters. The van der Waals surface area contributed by atoms with Crippen LogP contribution < -0.4 is 19.5 Å². The van der Waals surface area contributed by atoms with Crippen LogP contribution >= 0.6 is 11.3 Å². The highest BCUT2D eigenvalue weighted by molar-refractivity contribution is 7.17. The van der Waals surface area contributed by atoms with Gasteiger partial charge in [-0.25, -0.2) is 4.79 Å². The Balaban J connectivity index is 1.77. The summed E-state index contributed by atoms with van der Waals surface area (Å²) in [7, 11) is 1.32. The lowest BCUT2D eigenvalue weighted by Crippen LogP contribution is -2.21. The number of anilines is 1. The fourth-order valence-electron chi connectivity index (χ4n) is 3.27. The molecule has 0 aliphatic carbocycles. The summed E-state index contributed by atoms with van der Waals surface area (Å²) in [5.74, 6) is 1.11. The normalized spacial score (nSPS) is 10.4. The summed E-state index contributed by atoms with van der Waals surface area (Å²) in [5, 5.41) is 3.21. The van der Waals surface area contributed by atoms with Crippen molar-refractivity contribution in [1.82, 2.24) is 0 Å². The first kappa shape index (κ1) is 24.1. The molecular weight excluding hydrogens is 442 g/mol. The number of methoxy groups -OCH3 is 1. The molecule has 1 amide bonds. The molecule has 0 aliphatic rings. The Kier molecular flexibility index (Phi) is 8.32. The Morgan fingerprint density at radius 1 is 0.848 bits per heavy atom. The van der Waals surface area contributed by atoms with Crippen LogP contribution in [0, 0.1) is 6.92 Å². The highest BCUT2D eigenvalue weighted by atomic mass is 32.1. The molecule has 1 aromatic heterocycles. The summed E-state index contributed by atoms with van der Waals surface area (Å²) in [6.45, 7) is 6.66. The van der Waals surface area contributed by atoms with Crippen LogP contribution in [-0.2, 0) is 9.53 Å². The number of amides is 1. The van der Waals surface area contributed by atoms with Crippen molar-refractivity contribution in [2.75, 3.05) is 32.2 Å². The SMILES string of the molecule is CCOc1ccc(OCC(=O)Nc2sc(C)c(-c3ccc(OCC)cc3)c2C(=O)OC)cc1. The minimum absolute atomic E-state index is 0.204. The van der Waals surface area contributed by atoms with Crippen molar-refractivity contribution in [1.29, 1.82) is 0 Å². The Morgan fingerprint density at radius 3 is 1.88 bits per heavy atom. The van der Waals surface area contributed by atoms with Crippen LogP contribution in [0.5, 0.6) is 17.2 Å². The molecule has 0 saturated carbocycles. The van der Waals surface area contributed by atoms with Gasteiger partial charge in [-0.1, -0.05) is 12.1 Å². The van der Waals surface area contributed by atoms with E-state index in [4.69, 9.17) is 18.9 Å². The van der Waals surface area contributed by atoms with Crippen LogP contribution in [0.4, 0.5) is 5.00 Å². The van der Waals surface area contributed by atoms with Gasteiger partial charge in [0.15, 0.2) is 6.61 Å². The van der Waals surface area contributed by atoms with Gasteiger partial charge in [-0.05, 0) is 62.7 Å². The molecule has 8 heteroatoms. The quantitative estimate of drug-likeness (QED) is 0.405. The number of aryl methyl sites for hydroxylation is 1. The molecular formula is C25H27NO6S. The average molecular weight is 470 g/mol. The van der Waals surface area contributed by atoms with Gasteiger partial charge in [0.05, 0.1) is 20.3 Å². The first-order valence-corrected chi connectivity index (χ1v) is 11.4. The summed E-state index contributed by atoms with van der Waals surface area (Å²) >= 11 is 1.32. The third-order valence-electron chi connectivity index (χ3n) is 4.69. The monoisotopic (exact) mass is 469 g/mol. The van der Waals surface area contributed by atoms with E-state index in [1.165, 1.54) is 18.4 Å². The largest absolute Gasteiger partial charge is 0.494 e. The average Bonchev–Trinajstić information content (AvgIpc) is 3.14. The second-order valence-corrected chi connectivity index (χ2v) is 8.15. The van der Waals surface area contributed by atoms with Gasteiger partial charge in [0.2, 0.25) is 0 Å². The zero-order valence-electron chi connectivity index (χ0n) is 19.1. The molecule has 3 aromatic rings. The molecule has 0 spiro atoms. The zero-order chi connectivity index (χ0) is 23.8. The Labute approximate surface area is 197 Å². The molecule has 2 aromatic carbocycles. The van der Waals surface area contributed by atoms with Crippen molar-refractivity contribution in [2.24, 2.45) is 0 Å². The van der Waals surface area contributed by atoms with Crippen molar-refractivity contribution in [3.8, 4) is 28.4 Å². The van der Waals surface area contributed by atoms with Crippen LogP contribution in [0.3, 0.4) is 0 Å². The summed E-state index contributed by atoms with van der Waals surface area (Å²) < 4.78 is 21.5. The molecule has 1 N–H and O–H groups in total. The molecule has 1 heterocycles. The maximum absolute atomic E-state index is 12.6. The number of nitrogens with one attached hydrogen (secondary N) is 1. The second-order valence-electron chi connectivity index (χ2n) is 6.93. The number of carbonyl (C=O) groups excluding carboxylic acids is 2. The highest BCUT2D eigenvalue weighted by Crippen LogP contribution is 2.40. The first-order chi connectivity index (χ1) is 16.0. The van der Waals surface area contributed by atoms with Crippen LogP contribution in [-0.4, -0.2) is 38.8 Å². The number of benzene rings is 2. The minimum atomic E-state index is -0.522. The third kappa shape index (κ3) is 6.04. The molecule has 3 rings (SSSR count). The number of thiophene rings is 1. The predicted molar refractivity (Wildman–Crippen MR) is 129 cm³/mol. The minimum Gasteiger partial charge on any atom is -0.494 e. The molecule has 0 aliphatic heterocycles. The van der Waals surface area contributed by atoms with E-state index in [1.807, 2.05) is 45.0 Å². The van der Waals surface area contributed by atoms with E-state index >= 15 is 0 Å². The smallest absolute Gasteiger partial charge is 0.341 e. The molecule has 174 valence electrons. The van der Waals surface area contributed by atoms with E-state index in [0.29, 0.717) is 29.5 Å². The van der Waals surface area contributed by atoms with Crippen molar-refractivity contribution >= 4 is 28.2 Å². The predicted octanol–water partition coefficient (Wildman–Crippen LogP) is 5.33. The van der Waals surface area contributed by atoms with Gasteiger partial charge in [0.25, 0.3) is 5.91 Å². The molecule has 0 fully saturated rings. The number of ether oxygens (including phenoxy) is 4. The first-order valence-electron chi connectivity index (χ1n) is 10.6. The van der Waals surface area contributed by atoms with E-state index < -0.39 is 5.97 Å². The van der Waals surface area contributed by atoms with Crippen molar-refractivity contribution in [3.63, 3.8) is 0 Å². The number of rotatable bonds is 10. The van der Waals surface area contributed by atoms with E-state index in [-0.39, 0.29) is 12.5 Å². The summed E-state index contributed by atoms with van der Waals surface area (Å²) in [4.78, 5) is 26.1. The molecule has 7 nitrogen and oxygen atoms in total. The van der Waals surface area contributed by atoms with E-state index in [1.54, 1.807) is 24.3 Å². The zero-order valence-corrected chi connectivity index (χ0v) is 19.9. The van der Waals surface area contributed by atoms with Crippen molar-refractivity contribution in [2.45, 2.75) is 20.8 Å². The molecule has 0 saturated heterocycles. The maximum atomic E-state index is 12.6. The van der Waals surface area contributed by atoms with E-state index in [9.17, 15) is 9.59 Å². The van der Waals surface area contributed by atoms with Crippen LogP contribution in [0.2, 0.25) is 0 Å². The van der Waals surface area contributed by atoms with Crippen LogP contribution in [0.15, 0.2) is 48.5 Å². The van der Waals surface area contributed by atoms with Crippen molar-refractivity contribution < 1.29 is 28.5 Å². The Hall–Kier alpha value is -3.52. The molecule has 0 radical (unpaired) electrons. The fourth-order valence-corrected chi connectivity index (χ4v) is 4.35. The van der Waals surface area contributed by atoms with Gasteiger partial charge in [-0.15, -0.1) is 11.3 Å². The Morgan fingerprint density at radius 2 is 1.36 bits per heavy atom. The van der Waals surface area contributed by atoms with Crippen LogP contribution in [0.1, 0.15) is 29.1 Å². The molecule has 0 bridgehead atoms. The lowest BCUT2D eigenvalue weighted by Gasteiger charge is -2.10. The lowest BCUT2D eigenvalue weighted by molar-refractivity contribution is -0.118. The Bertz CT molecular complexity index is 1090.